The molecule has 1 heterocycles. The van der Waals surface area contributed by atoms with Crippen LogP contribution in [0.2, 0.25) is 0 Å². The fourth-order valence-electron chi connectivity index (χ4n) is 2.07. The second-order valence-corrected chi connectivity index (χ2v) is 4.28. The van der Waals surface area contributed by atoms with Gasteiger partial charge in [-0.3, -0.25) is 4.68 Å². The van der Waals surface area contributed by atoms with Crippen LogP contribution in [0.15, 0.2) is 30.5 Å². The Morgan fingerprint density at radius 1 is 1.16 bits per heavy atom. The van der Waals surface area contributed by atoms with E-state index < -0.39 is 0 Å². The van der Waals surface area contributed by atoms with Crippen molar-refractivity contribution in [1.82, 2.24) is 15.1 Å². The van der Waals surface area contributed by atoms with Crippen molar-refractivity contribution < 1.29 is 9.47 Å². The van der Waals surface area contributed by atoms with Gasteiger partial charge in [-0.25, -0.2) is 0 Å². The van der Waals surface area contributed by atoms with Gasteiger partial charge in [-0.05, 0) is 30.8 Å². The van der Waals surface area contributed by atoms with Crippen molar-refractivity contribution in [3.8, 4) is 11.5 Å². The fraction of sp³-hybridized carbons (Fsp3) is 0.357. The van der Waals surface area contributed by atoms with Crippen LogP contribution < -0.4 is 14.8 Å². The quantitative estimate of drug-likeness (QED) is 0.890. The van der Waals surface area contributed by atoms with Crippen molar-refractivity contribution in [2.75, 3.05) is 21.3 Å². The molecule has 5 nitrogen and oxygen atoms in total. The summed E-state index contributed by atoms with van der Waals surface area (Å²) >= 11 is 0. The molecule has 0 amide bonds. The molecule has 0 aliphatic carbocycles. The number of hydrogen-bond donors (Lipinski definition) is 1. The van der Waals surface area contributed by atoms with E-state index in [1.54, 1.807) is 18.9 Å². The zero-order chi connectivity index (χ0) is 13.8. The number of benzene rings is 1. The molecular weight excluding hydrogens is 242 g/mol. The third-order valence-corrected chi connectivity index (χ3v) is 3.03. The average Bonchev–Trinajstić information content (AvgIpc) is 2.85. The lowest BCUT2D eigenvalue weighted by Crippen LogP contribution is -2.18. The van der Waals surface area contributed by atoms with Gasteiger partial charge in [0, 0.05) is 19.3 Å². The van der Waals surface area contributed by atoms with Gasteiger partial charge < -0.3 is 14.8 Å². The van der Waals surface area contributed by atoms with E-state index in [1.807, 2.05) is 44.6 Å². The number of aromatic nitrogens is 2. The molecule has 1 atom stereocenters. The maximum atomic E-state index is 5.30. The Balaban J connectivity index is 2.42. The van der Waals surface area contributed by atoms with E-state index >= 15 is 0 Å². The highest BCUT2D eigenvalue weighted by Gasteiger charge is 2.16. The molecule has 0 saturated carbocycles. The van der Waals surface area contributed by atoms with Crippen LogP contribution in [0.5, 0.6) is 11.5 Å². The molecule has 0 aliphatic rings. The van der Waals surface area contributed by atoms with Crippen molar-refractivity contribution >= 4 is 0 Å². The third kappa shape index (κ3) is 2.88. The number of methoxy groups -OCH3 is 2. The van der Waals surface area contributed by atoms with Gasteiger partial charge in [-0.2, -0.15) is 5.10 Å². The molecule has 19 heavy (non-hydrogen) atoms. The van der Waals surface area contributed by atoms with Crippen LogP contribution in [0.4, 0.5) is 0 Å². The summed E-state index contributed by atoms with van der Waals surface area (Å²) in [6, 6.07) is 7.82. The second-order valence-electron chi connectivity index (χ2n) is 4.28. The van der Waals surface area contributed by atoms with E-state index in [-0.39, 0.29) is 6.04 Å². The Hall–Kier alpha value is -2.01. The lowest BCUT2D eigenvalue weighted by molar-refractivity contribution is 0.392. The van der Waals surface area contributed by atoms with Crippen molar-refractivity contribution in [1.29, 1.82) is 0 Å². The third-order valence-electron chi connectivity index (χ3n) is 3.03. The SMILES string of the molecule is CNC(c1cc(OC)cc(OC)c1)c1ccn(C)n1. The predicted octanol–water partition coefficient (Wildman–Crippen LogP) is 1.75. The highest BCUT2D eigenvalue weighted by molar-refractivity contribution is 5.42. The van der Waals surface area contributed by atoms with E-state index in [0.29, 0.717) is 0 Å². The van der Waals surface area contributed by atoms with Crippen molar-refractivity contribution in [2.45, 2.75) is 6.04 Å². The van der Waals surface area contributed by atoms with E-state index in [4.69, 9.17) is 9.47 Å². The Bertz CT molecular complexity index is 529. The summed E-state index contributed by atoms with van der Waals surface area (Å²) < 4.78 is 12.4. The molecule has 0 aliphatic heterocycles. The smallest absolute Gasteiger partial charge is 0.122 e. The maximum Gasteiger partial charge on any atom is 0.122 e. The standard InChI is InChI=1S/C14H19N3O2/c1-15-14(13-5-6-17(2)16-13)10-7-11(18-3)9-12(8-10)19-4/h5-9,14-15H,1-4H3. The Kier molecular flexibility index (Phi) is 4.06. The highest BCUT2D eigenvalue weighted by Crippen LogP contribution is 2.29. The molecule has 5 heteroatoms. The average molecular weight is 261 g/mol. The molecule has 1 N–H and O–H groups in total. The molecule has 1 unspecified atom stereocenters. The first-order valence-corrected chi connectivity index (χ1v) is 6.07. The largest absolute Gasteiger partial charge is 0.497 e. The lowest BCUT2D eigenvalue weighted by atomic mass is 10.0. The summed E-state index contributed by atoms with van der Waals surface area (Å²) in [7, 11) is 7.11. The summed E-state index contributed by atoms with van der Waals surface area (Å²) in [5, 5.41) is 7.71. The van der Waals surface area contributed by atoms with Crippen molar-refractivity contribution in [3.05, 3.63) is 41.7 Å². The molecule has 0 radical (unpaired) electrons. The van der Waals surface area contributed by atoms with Crippen molar-refractivity contribution in [2.24, 2.45) is 7.05 Å². The molecule has 102 valence electrons. The zero-order valence-corrected chi connectivity index (χ0v) is 11.7. The topological polar surface area (TPSA) is 48.3 Å². The molecule has 0 bridgehead atoms. The fourth-order valence-corrected chi connectivity index (χ4v) is 2.07. The number of nitrogens with one attached hydrogen (secondary N) is 1. The van der Waals surface area contributed by atoms with Gasteiger partial charge in [-0.1, -0.05) is 0 Å². The molecule has 0 saturated heterocycles. The number of nitrogens with zero attached hydrogens (tertiary/aromatic N) is 2. The minimum Gasteiger partial charge on any atom is -0.497 e. The van der Waals surface area contributed by atoms with Gasteiger partial charge in [0.25, 0.3) is 0 Å². The van der Waals surface area contributed by atoms with Crippen LogP contribution in [0, 0.1) is 0 Å². The van der Waals surface area contributed by atoms with Crippen LogP contribution in [-0.4, -0.2) is 31.0 Å². The van der Waals surface area contributed by atoms with Gasteiger partial charge >= 0.3 is 0 Å². The number of aryl methyl sites for hydroxylation is 1. The first-order valence-electron chi connectivity index (χ1n) is 6.07. The van der Waals surface area contributed by atoms with Crippen LogP contribution in [0.1, 0.15) is 17.3 Å². The number of rotatable bonds is 5. The number of ether oxygens (including phenoxy) is 2. The van der Waals surface area contributed by atoms with Crippen LogP contribution in [0.25, 0.3) is 0 Å². The van der Waals surface area contributed by atoms with E-state index in [9.17, 15) is 0 Å². The van der Waals surface area contributed by atoms with E-state index in [1.165, 1.54) is 0 Å². The number of hydrogen-bond acceptors (Lipinski definition) is 4. The van der Waals surface area contributed by atoms with Gasteiger partial charge in [0.15, 0.2) is 0 Å². The molecule has 2 aromatic rings. The zero-order valence-electron chi connectivity index (χ0n) is 11.7. The van der Waals surface area contributed by atoms with E-state index in [0.717, 1.165) is 22.8 Å². The second kappa shape index (κ2) is 5.75. The van der Waals surface area contributed by atoms with Gasteiger partial charge in [0.1, 0.15) is 11.5 Å². The molecule has 0 fully saturated rings. The first kappa shape index (κ1) is 13.4. The predicted molar refractivity (Wildman–Crippen MR) is 73.7 cm³/mol. The van der Waals surface area contributed by atoms with Crippen LogP contribution in [-0.2, 0) is 7.05 Å². The summed E-state index contributed by atoms with van der Waals surface area (Å²) in [5.74, 6) is 1.54. The normalized spacial score (nSPS) is 12.2. The summed E-state index contributed by atoms with van der Waals surface area (Å²) in [5.41, 5.74) is 2.01. The van der Waals surface area contributed by atoms with Gasteiger partial charge in [-0.15, -0.1) is 0 Å². The summed E-state index contributed by atoms with van der Waals surface area (Å²) in [6.45, 7) is 0. The first-order chi connectivity index (χ1) is 9.17. The Morgan fingerprint density at radius 2 is 1.79 bits per heavy atom. The van der Waals surface area contributed by atoms with Gasteiger partial charge in [0.2, 0.25) is 0 Å². The minimum atomic E-state index is 0.00481. The summed E-state index contributed by atoms with van der Waals surface area (Å²) in [4.78, 5) is 0. The monoisotopic (exact) mass is 261 g/mol. The van der Waals surface area contributed by atoms with Crippen molar-refractivity contribution in [3.63, 3.8) is 0 Å². The van der Waals surface area contributed by atoms with Crippen LogP contribution >= 0.6 is 0 Å². The Labute approximate surface area is 113 Å². The lowest BCUT2D eigenvalue weighted by Gasteiger charge is -2.16. The van der Waals surface area contributed by atoms with E-state index in [2.05, 4.69) is 10.4 Å². The molecule has 1 aromatic carbocycles. The van der Waals surface area contributed by atoms with Gasteiger partial charge in [0.05, 0.1) is 26.0 Å². The van der Waals surface area contributed by atoms with Crippen LogP contribution in [0.3, 0.4) is 0 Å². The summed E-state index contributed by atoms with van der Waals surface area (Å²) in [6.07, 6.45) is 1.93. The molecule has 2 rings (SSSR count). The highest BCUT2D eigenvalue weighted by atomic mass is 16.5. The Morgan fingerprint density at radius 3 is 2.21 bits per heavy atom. The molecular formula is C14H19N3O2. The maximum absolute atomic E-state index is 5.30. The molecule has 0 spiro atoms. The molecule has 1 aromatic heterocycles. The minimum absolute atomic E-state index is 0.00481.